The van der Waals surface area contributed by atoms with Gasteiger partial charge < -0.3 is 9.47 Å². The van der Waals surface area contributed by atoms with Gasteiger partial charge in [-0.2, -0.15) is 14.9 Å². The standard InChI is InChI=1S/C17H15FN4O2S/c1-23-12-7-11(8-13(9-12)24-2)10-19-22-16(20-21-17(22)25)14-5-3-4-6-15(14)18/h3-10H,1-2H3,(H,21,25)/b19-10-. The van der Waals surface area contributed by atoms with Crippen molar-refractivity contribution >= 4 is 18.4 Å². The zero-order valence-electron chi connectivity index (χ0n) is 13.6. The van der Waals surface area contributed by atoms with Crippen LogP contribution in [0.25, 0.3) is 11.4 Å². The molecule has 0 aliphatic heterocycles. The Hall–Kier alpha value is -3.00. The highest BCUT2D eigenvalue weighted by atomic mass is 32.1. The summed E-state index contributed by atoms with van der Waals surface area (Å²) in [6.45, 7) is 0. The lowest BCUT2D eigenvalue weighted by atomic mass is 10.2. The number of halogens is 1. The van der Waals surface area contributed by atoms with Gasteiger partial charge in [0.15, 0.2) is 5.82 Å². The number of nitrogens with zero attached hydrogens (tertiary/aromatic N) is 3. The molecule has 0 aliphatic carbocycles. The molecule has 0 atom stereocenters. The van der Waals surface area contributed by atoms with Gasteiger partial charge in [-0.3, -0.25) is 0 Å². The quantitative estimate of drug-likeness (QED) is 0.559. The third-order valence-electron chi connectivity index (χ3n) is 3.46. The van der Waals surface area contributed by atoms with Crippen molar-refractivity contribution in [2.75, 3.05) is 14.2 Å². The molecule has 0 saturated heterocycles. The molecule has 128 valence electrons. The zero-order valence-corrected chi connectivity index (χ0v) is 14.4. The maximum atomic E-state index is 14.0. The molecule has 1 N–H and O–H groups in total. The molecule has 0 amide bonds. The Morgan fingerprint density at radius 3 is 2.48 bits per heavy atom. The highest BCUT2D eigenvalue weighted by Gasteiger charge is 2.12. The first-order valence-corrected chi connectivity index (χ1v) is 7.73. The largest absolute Gasteiger partial charge is 0.497 e. The average Bonchev–Trinajstić information content (AvgIpc) is 3.00. The number of methoxy groups -OCH3 is 2. The van der Waals surface area contributed by atoms with Gasteiger partial charge in [0, 0.05) is 11.6 Å². The van der Waals surface area contributed by atoms with Crippen LogP contribution in [0.1, 0.15) is 5.56 Å². The van der Waals surface area contributed by atoms with Gasteiger partial charge in [0.1, 0.15) is 17.3 Å². The molecule has 1 aromatic heterocycles. The van der Waals surface area contributed by atoms with Gasteiger partial charge in [-0.25, -0.2) is 9.49 Å². The van der Waals surface area contributed by atoms with E-state index in [0.717, 1.165) is 5.56 Å². The maximum absolute atomic E-state index is 14.0. The number of benzene rings is 2. The fourth-order valence-electron chi connectivity index (χ4n) is 2.24. The second kappa shape index (κ2) is 7.27. The third kappa shape index (κ3) is 3.58. The number of hydrogen-bond donors (Lipinski definition) is 1. The van der Waals surface area contributed by atoms with Crippen LogP contribution in [0.4, 0.5) is 4.39 Å². The fourth-order valence-corrected chi connectivity index (χ4v) is 2.42. The number of H-pyrrole nitrogens is 1. The summed E-state index contributed by atoms with van der Waals surface area (Å²) in [5, 5.41) is 11.0. The third-order valence-corrected chi connectivity index (χ3v) is 3.73. The van der Waals surface area contributed by atoms with E-state index in [1.807, 2.05) is 0 Å². The zero-order chi connectivity index (χ0) is 17.8. The molecule has 0 unspecified atom stereocenters. The van der Waals surface area contributed by atoms with Gasteiger partial charge in [0.25, 0.3) is 0 Å². The van der Waals surface area contributed by atoms with E-state index in [1.165, 1.54) is 10.7 Å². The molecule has 8 heteroatoms. The molecular formula is C17H15FN4O2S. The number of ether oxygens (including phenoxy) is 2. The van der Waals surface area contributed by atoms with E-state index in [9.17, 15) is 4.39 Å². The van der Waals surface area contributed by atoms with Gasteiger partial charge in [0.2, 0.25) is 4.77 Å². The summed E-state index contributed by atoms with van der Waals surface area (Å²) in [7, 11) is 3.14. The minimum atomic E-state index is -0.406. The van der Waals surface area contributed by atoms with Gasteiger partial charge in [0.05, 0.1) is 26.0 Å². The van der Waals surface area contributed by atoms with Crippen molar-refractivity contribution in [1.29, 1.82) is 0 Å². The van der Waals surface area contributed by atoms with Crippen LogP contribution in [-0.4, -0.2) is 35.3 Å². The summed E-state index contributed by atoms with van der Waals surface area (Å²) < 4.78 is 26.1. The monoisotopic (exact) mass is 358 g/mol. The van der Waals surface area contributed by atoms with E-state index in [0.29, 0.717) is 17.1 Å². The first-order chi connectivity index (χ1) is 12.1. The summed E-state index contributed by atoms with van der Waals surface area (Å²) >= 11 is 5.19. The van der Waals surface area contributed by atoms with Crippen molar-refractivity contribution in [3.05, 3.63) is 58.6 Å². The number of aromatic nitrogens is 3. The highest BCUT2D eigenvalue weighted by Crippen LogP contribution is 2.23. The lowest BCUT2D eigenvalue weighted by Gasteiger charge is -2.06. The molecule has 2 aromatic carbocycles. The van der Waals surface area contributed by atoms with Crippen LogP contribution in [0.3, 0.4) is 0 Å². The van der Waals surface area contributed by atoms with E-state index < -0.39 is 5.82 Å². The van der Waals surface area contributed by atoms with Gasteiger partial charge >= 0.3 is 0 Å². The second-order valence-electron chi connectivity index (χ2n) is 5.03. The fraction of sp³-hybridized carbons (Fsp3) is 0.118. The Labute approximate surface area is 148 Å². The number of rotatable bonds is 5. The second-order valence-corrected chi connectivity index (χ2v) is 5.42. The molecule has 0 radical (unpaired) electrons. The smallest absolute Gasteiger partial charge is 0.216 e. The Morgan fingerprint density at radius 2 is 1.84 bits per heavy atom. The van der Waals surface area contributed by atoms with Crippen molar-refractivity contribution in [3.63, 3.8) is 0 Å². The number of hydrogen-bond acceptors (Lipinski definition) is 5. The summed E-state index contributed by atoms with van der Waals surface area (Å²) in [5.41, 5.74) is 1.04. The Morgan fingerprint density at radius 1 is 1.16 bits per heavy atom. The molecule has 25 heavy (non-hydrogen) atoms. The normalized spacial score (nSPS) is 11.0. The molecule has 1 heterocycles. The van der Waals surface area contributed by atoms with Crippen molar-refractivity contribution in [2.24, 2.45) is 5.10 Å². The molecule has 0 aliphatic rings. The van der Waals surface area contributed by atoms with E-state index in [2.05, 4.69) is 15.3 Å². The van der Waals surface area contributed by atoms with E-state index >= 15 is 0 Å². The van der Waals surface area contributed by atoms with Crippen LogP contribution in [0.15, 0.2) is 47.6 Å². The van der Waals surface area contributed by atoms with Crippen LogP contribution in [0.2, 0.25) is 0 Å². The SMILES string of the molecule is COc1cc(/C=N\n2c(-c3ccccc3F)n[nH]c2=S)cc(OC)c1. The molecule has 3 rings (SSSR count). The Kier molecular flexibility index (Phi) is 4.90. The summed E-state index contributed by atoms with van der Waals surface area (Å²) in [6, 6.07) is 11.6. The van der Waals surface area contributed by atoms with Gasteiger partial charge in [-0.1, -0.05) is 12.1 Å². The van der Waals surface area contributed by atoms with Crippen LogP contribution >= 0.6 is 12.2 Å². The molecule has 0 spiro atoms. The van der Waals surface area contributed by atoms with Crippen LogP contribution in [0.5, 0.6) is 11.5 Å². The van der Waals surface area contributed by atoms with Crippen molar-refractivity contribution in [1.82, 2.24) is 14.9 Å². The first kappa shape index (κ1) is 16.8. The summed E-state index contributed by atoms with van der Waals surface area (Å²) in [5.74, 6) is 1.14. The molecular weight excluding hydrogens is 343 g/mol. The van der Waals surface area contributed by atoms with Crippen LogP contribution in [-0.2, 0) is 0 Å². The number of nitrogens with one attached hydrogen (secondary N) is 1. The molecule has 3 aromatic rings. The molecule has 0 saturated carbocycles. The number of aromatic amines is 1. The minimum Gasteiger partial charge on any atom is -0.497 e. The van der Waals surface area contributed by atoms with E-state index in [1.54, 1.807) is 56.8 Å². The summed E-state index contributed by atoms with van der Waals surface area (Å²) in [6.07, 6.45) is 1.57. The topological polar surface area (TPSA) is 64.4 Å². The molecule has 6 nitrogen and oxygen atoms in total. The van der Waals surface area contributed by atoms with Gasteiger partial charge in [-0.15, -0.1) is 0 Å². The van der Waals surface area contributed by atoms with Crippen molar-refractivity contribution in [2.45, 2.75) is 0 Å². The lowest BCUT2D eigenvalue weighted by molar-refractivity contribution is 0.394. The van der Waals surface area contributed by atoms with Crippen LogP contribution in [0, 0.1) is 10.6 Å². The predicted octanol–water partition coefficient (Wildman–Crippen LogP) is 3.65. The maximum Gasteiger partial charge on any atom is 0.216 e. The van der Waals surface area contributed by atoms with Crippen molar-refractivity contribution in [3.8, 4) is 22.9 Å². The van der Waals surface area contributed by atoms with E-state index in [-0.39, 0.29) is 10.6 Å². The highest BCUT2D eigenvalue weighted by molar-refractivity contribution is 7.71. The Bertz CT molecular complexity index is 959. The van der Waals surface area contributed by atoms with Crippen molar-refractivity contribution < 1.29 is 13.9 Å². The van der Waals surface area contributed by atoms with E-state index in [4.69, 9.17) is 21.7 Å². The van der Waals surface area contributed by atoms with Crippen LogP contribution < -0.4 is 9.47 Å². The first-order valence-electron chi connectivity index (χ1n) is 7.32. The average molecular weight is 358 g/mol. The Balaban J connectivity index is 2.02. The predicted molar refractivity (Wildman–Crippen MR) is 95.3 cm³/mol. The van der Waals surface area contributed by atoms with Gasteiger partial charge in [-0.05, 0) is 36.5 Å². The lowest BCUT2D eigenvalue weighted by Crippen LogP contribution is -1.97. The molecule has 0 fully saturated rings. The summed E-state index contributed by atoms with van der Waals surface area (Å²) in [4.78, 5) is 0. The molecule has 0 bridgehead atoms. The minimum absolute atomic E-state index is 0.254.